The van der Waals surface area contributed by atoms with Crippen molar-refractivity contribution >= 4 is 51.6 Å². The lowest BCUT2D eigenvalue weighted by Crippen LogP contribution is -2.40. The van der Waals surface area contributed by atoms with Crippen LogP contribution in [-0.2, 0) is 12.2 Å². The van der Waals surface area contributed by atoms with Gasteiger partial charge in [-0.15, -0.1) is 21.5 Å². The smallest absolute Gasteiger partial charge is 0.326 e. The number of hydrogen-bond donors (Lipinski definition) is 1. The summed E-state index contributed by atoms with van der Waals surface area (Å²) in [4.78, 5) is 35.5. The average molecular weight is 642 g/mol. The first-order chi connectivity index (χ1) is 21.5. The van der Waals surface area contributed by atoms with Gasteiger partial charge in [-0.3, -0.25) is 13.9 Å². The molecule has 4 heterocycles. The number of rotatable bonds is 8. The van der Waals surface area contributed by atoms with Crippen LogP contribution < -0.4 is 5.69 Å². The molecular weight excluding hydrogens is 614 g/mol. The molecule has 6 aromatic rings. The van der Waals surface area contributed by atoms with Gasteiger partial charge < -0.3 is 9.88 Å². The zero-order valence-electron chi connectivity index (χ0n) is 23.6. The van der Waals surface area contributed by atoms with E-state index in [1.54, 1.807) is 0 Å². The number of thiazole rings is 1. The van der Waals surface area contributed by atoms with E-state index in [2.05, 4.69) is 32.3 Å². The molecule has 0 atom stereocenters. The van der Waals surface area contributed by atoms with Crippen molar-refractivity contribution in [2.75, 3.05) is 13.1 Å². The maximum Gasteiger partial charge on any atom is 0.326 e. The van der Waals surface area contributed by atoms with E-state index in [0.717, 1.165) is 38.3 Å². The van der Waals surface area contributed by atoms with Gasteiger partial charge in [0, 0.05) is 36.0 Å². The highest BCUT2D eigenvalue weighted by Gasteiger charge is 2.28. The Kier molecular flexibility index (Phi) is 8.07. The molecule has 0 aliphatic carbocycles. The van der Waals surface area contributed by atoms with Gasteiger partial charge in [0.2, 0.25) is 0 Å². The standard InChI is InChI=1S/C32H28ClN7O2S2/c33-22-9-6-10-24(18-22)40-28(17-21-7-2-1-3-8-21)36-37-32(40)44-20-29-34-26(19-43-29)30(41)38-15-13-23(14-16-38)39-27-12-5-4-11-25(27)35-31(39)42/h1-12,18-19,23H,13-17,20H2,(H,35,42). The minimum absolute atomic E-state index is 0.0497. The topological polar surface area (TPSA) is 102 Å². The molecule has 222 valence electrons. The molecular formula is C32H28ClN7O2S2. The summed E-state index contributed by atoms with van der Waals surface area (Å²) in [6, 6.07) is 25.6. The molecule has 1 fully saturated rings. The van der Waals surface area contributed by atoms with E-state index in [1.165, 1.54) is 23.1 Å². The molecule has 0 radical (unpaired) electrons. The second kappa shape index (κ2) is 12.4. The van der Waals surface area contributed by atoms with Gasteiger partial charge in [-0.2, -0.15) is 0 Å². The van der Waals surface area contributed by atoms with E-state index in [9.17, 15) is 9.59 Å². The highest BCUT2D eigenvalue weighted by molar-refractivity contribution is 7.98. The number of aromatic nitrogens is 6. The summed E-state index contributed by atoms with van der Waals surface area (Å²) >= 11 is 9.34. The Balaban J connectivity index is 1.03. The minimum atomic E-state index is -0.101. The summed E-state index contributed by atoms with van der Waals surface area (Å²) in [7, 11) is 0. The number of nitrogens with zero attached hydrogens (tertiary/aromatic N) is 6. The number of thioether (sulfide) groups is 1. The molecule has 1 N–H and O–H groups in total. The number of nitrogens with one attached hydrogen (secondary N) is 1. The molecule has 3 aromatic carbocycles. The van der Waals surface area contributed by atoms with Crippen LogP contribution in [0, 0.1) is 0 Å². The maximum atomic E-state index is 13.4. The van der Waals surface area contributed by atoms with Gasteiger partial charge in [-0.1, -0.05) is 71.9 Å². The Morgan fingerprint density at radius 3 is 2.61 bits per heavy atom. The molecule has 12 heteroatoms. The Labute approximate surface area is 266 Å². The van der Waals surface area contributed by atoms with E-state index in [0.29, 0.717) is 48.8 Å². The molecule has 1 saturated heterocycles. The number of benzene rings is 3. The van der Waals surface area contributed by atoms with Crippen molar-refractivity contribution in [1.29, 1.82) is 0 Å². The minimum Gasteiger partial charge on any atom is -0.337 e. The van der Waals surface area contributed by atoms with E-state index < -0.39 is 0 Å². The number of H-pyrrole nitrogens is 1. The lowest BCUT2D eigenvalue weighted by Gasteiger charge is -2.32. The van der Waals surface area contributed by atoms with Crippen LogP contribution >= 0.6 is 34.7 Å². The van der Waals surface area contributed by atoms with Crippen molar-refractivity contribution < 1.29 is 4.79 Å². The fraction of sp³-hybridized carbons (Fsp3) is 0.219. The fourth-order valence-electron chi connectivity index (χ4n) is 5.69. The van der Waals surface area contributed by atoms with Crippen molar-refractivity contribution in [3.8, 4) is 5.69 Å². The third kappa shape index (κ3) is 5.82. The van der Waals surface area contributed by atoms with E-state index in [1.807, 2.05) is 86.1 Å². The number of aromatic amines is 1. The van der Waals surface area contributed by atoms with Crippen LogP contribution in [0.25, 0.3) is 16.7 Å². The summed E-state index contributed by atoms with van der Waals surface area (Å²) in [6.45, 7) is 1.15. The average Bonchev–Trinajstić information content (AvgIpc) is 3.77. The van der Waals surface area contributed by atoms with Gasteiger partial charge in [0.25, 0.3) is 5.91 Å². The van der Waals surface area contributed by atoms with Crippen molar-refractivity contribution in [2.45, 2.75) is 36.2 Å². The first kappa shape index (κ1) is 28.6. The molecule has 1 amide bonds. The summed E-state index contributed by atoms with van der Waals surface area (Å²) in [6.07, 6.45) is 2.05. The quantitative estimate of drug-likeness (QED) is 0.194. The van der Waals surface area contributed by atoms with Gasteiger partial charge in [0.1, 0.15) is 16.5 Å². The van der Waals surface area contributed by atoms with Crippen molar-refractivity contribution in [1.82, 2.24) is 34.2 Å². The summed E-state index contributed by atoms with van der Waals surface area (Å²) in [5.74, 6) is 1.29. The van der Waals surface area contributed by atoms with Gasteiger partial charge in [0.15, 0.2) is 5.16 Å². The van der Waals surface area contributed by atoms with Gasteiger partial charge in [-0.25, -0.2) is 9.78 Å². The number of carbonyl (C=O) groups excluding carboxylic acids is 1. The Morgan fingerprint density at radius 2 is 1.80 bits per heavy atom. The number of fused-ring (bicyclic) bond motifs is 1. The Hall–Kier alpha value is -4.19. The summed E-state index contributed by atoms with van der Waals surface area (Å²) in [5.41, 5.74) is 4.12. The monoisotopic (exact) mass is 641 g/mol. The van der Waals surface area contributed by atoms with E-state index >= 15 is 0 Å². The Bertz CT molecular complexity index is 1990. The molecule has 0 spiro atoms. The van der Waals surface area contributed by atoms with Crippen LogP contribution in [0.15, 0.2) is 94.2 Å². The zero-order valence-corrected chi connectivity index (χ0v) is 26.0. The molecule has 44 heavy (non-hydrogen) atoms. The lowest BCUT2D eigenvalue weighted by atomic mass is 10.0. The van der Waals surface area contributed by atoms with Crippen molar-refractivity contribution in [2.24, 2.45) is 0 Å². The molecule has 1 aliphatic heterocycles. The molecule has 7 rings (SSSR count). The molecule has 9 nitrogen and oxygen atoms in total. The van der Waals surface area contributed by atoms with Crippen LogP contribution in [0.4, 0.5) is 0 Å². The van der Waals surface area contributed by atoms with Crippen LogP contribution in [0.2, 0.25) is 5.02 Å². The van der Waals surface area contributed by atoms with Crippen LogP contribution in [0.3, 0.4) is 0 Å². The third-order valence-electron chi connectivity index (χ3n) is 7.81. The van der Waals surface area contributed by atoms with Crippen molar-refractivity contribution in [3.63, 3.8) is 0 Å². The number of carbonyl (C=O) groups is 1. The SMILES string of the molecule is O=C(c1csc(CSc2nnc(Cc3ccccc3)n2-c2cccc(Cl)c2)n1)N1CCC(n2c(=O)[nH]c3ccccc32)CC1. The number of halogens is 1. The number of amides is 1. The normalized spacial score (nSPS) is 14.0. The molecule has 0 bridgehead atoms. The third-order valence-corrected chi connectivity index (χ3v) is 10.0. The number of imidazole rings is 1. The second-order valence-electron chi connectivity index (χ2n) is 10.6. The van der Waals surface area contributed by atoms with Gasteiger partial charge >= 0.3 is 5.69 Å². The largest absolute Gasteiger partial charge is 0.337 e. The van der Waals surface area contributed by atoms with Crippen molar-refractivity contribution in [3.05, 3.63) is 122 Å². The summed E-state index contributed by atoms with van der Waals surface area (Å²) in [5, 5.41) is 13.1. The summed E-state index contributed by atoms with van der Waals surface area (Å²) < 4.78 is 3.87. The van der Waals surface area contributed by atoms with Crippen LogP contribution in [0.5, 0.6) is 0 Å². The number of hydrogen-bond acceptors (Lipinski definition) is 7. The first-order valence-electron chi connectivity index (χ1n) is 14.3. The number of para-hydroxylation sites is 2. The Morgan fingerprint density at radius 1 is 1.00 bits per heavy atom. The predicted octanol–water partition coefficient (Wildman–Crippen LogP) is 6.38. The van der Waals surface area contributed by atoms with E-state index in [-0.39, 0.29) is 17.6 Å². The molecule has 0 unspecified atom stereocenters. The van der Waals surface area contributed by atoms with Crippen LogP contribution in [-0.4, -0.2) is 53.2 Å². The number of piperidine rings is 1. The maximum absolute atomic E-state index is 13.4. The number of likely N-dealkylation sites (tertiary alicyclic amines) is 1. The van der Waals surface area contributed by atoms with E-state index in [4.69, 9.17) is 11.6 Å². The molecule has 1 aliphatic rings. The second-order valence-corrected chi connectivity index (χ2v) is 13.0. The van der Waals surface area contributed by atoms with Gasteiger partial charge in [-0.05, 0) is 48.7 Å². The first-order valence-corrected chi connectivity index (χ1v) is 16.6. The molecule has 0 saturated carbocycles. The fourth-order valence-corrected chi connectivity index (χ4v) is 7.63. The lowest BCUT2D eigenvalue weighted by molar-refractivity contribution is 0.0689. The van der Waals surface area contributed by atoms with Gasteiger partial charge in [0.05, 0.1) is 22.5 Å². The predicted molar refractivity (Wildman–Crippen MR) is 174 cm³/mol. The van der Waals surface area contributed by atoms with Crippen LogP contribution in [0.1, 0.15) is 45.8 Å². The highest BCUT2D eigenvalue weighted by Crippen LogP contribution is 2.30. The highest BCUT2D eigenvalue weighted by atomic mass is 35.5. The molecule has 3 aromatic heterocycles. The zero-order chi connectivity index (χ0) is 30.0.